The van der Waals surface area contributed by atoms with E-state index in [2.05, 4.69) is 10.4 Å². The van der Waals surface area contributed by atoms with E-state index in [0.29, 0.717) is 0 Å². The van der Waals surface area contributed by atoms with Crippen LogP contribution in [0.25, 0.3) is 0 Å². The standard InChI is InChI=1S/C7H16N4OS/c8-7(9)13-6-1-10-11-2-4-12-5-3-11/h10H,1-6H2,(H3,8,9). The third kappa shape index (κ3) is 5.09. The lowest BCUT2D eigenvalue weighted by Crippen LogP contribution is -2.46. The lowest BCUT2D eigenvalue weighted by Gasteiger charge is -2.27. The van der Waals surface area contributed by atoms with Crippen LogP contribution in [0.2, 0.25) is 0 Å². The Morgan fingerprint density at radius 3 is 2.85 bits per heavy atom. The van der Waals surface area contributed by atoms with Gasteiger partial charge in [-0.15, -0.1) is 0 Å². The van der Waals surface area contributed by atoms with E-state index in [-0.39, 0.29) is 5.17 Å². The molecule has 0 saturated carbocycles. The highest BCUT2D eigenvalue weighted by Crippen LogP contribution is 1.96. The van der Waals surface area contributed by atoms with E-state index >= 15 is 0 Å². The Balaban J connectivity index is 1.95. The van der Waals surface area contributed by atoms with Crippen molar-refractivity contribution in [1.82, 2.24) is 10.4 Å². The van der Waals surface area contributed by atoms with Gasteiger partial charge in [-0.2, -0.15) is 0 Å². The number of hydrogen-bond acceptors (Lipinski definition) is 5. The van der Waals surface area contributed by atoms with Crippen molar-refractivity contribution in [3.05, 3.63) is 0 Å². The Morgan fingerprint density at radius 2 is 2.23 bits per heavy atom. The number of hydrogen-bond donors (Lipinski definition) is 3. The second-order valence-corrected chi connectivity index (χ2v) is 3.86. The largest absolute Gasteiger partial charge is 0.379 e. The minimum atomic E-state index is 0.184. The Morgan fingerprint density at radius 1 is 1.54 bits per heavy atom. The molecule has 76 valence electrons. The summed E-state index contributed by atoms with van der Waals surface area (Å²) < 4.78 is 5.20. The van der Waals surface area contributed by atoms with Crippen molar-refractivity contribution in [1.29, 1.82) is 5.41 Å². The van der Waals surface area contributed by atoms with Gasteiger partial charge in [-0.05, 0) is 0 Å². The Kier molecular flexibility index (Phi) is 5.14. The van der Waals surface area contributed by atoms with Gasteiger partial charge in [0.05, 0.1) is 13.2 Å². The average Bonchev–Trinajstić information content (AvgIpc) is 2.14. The summed E-state index contributed by atoms with van der Waals surface area (Å²) in [6, 6.07) is 0. The first-order valence-corrected chi connectivity index (χ1v) is 5.30. The van der Waals surface area contributed by atoms with Crippen LogP contribution in [0.1, 0.15) is 0 Å². The number of morpholine rings is 1. The molecule has 1 fully saturated rings. The van der Waals surface area contributed by atoms with Crippen molar-refractivity contribution in [3.8, 4) is 0 Å². The summed E-state index contributed by atoms with van der Waals surface area (Å²) in [6.07, 6.45) is 0. The van der Waals surface area contributed by atoms with Crippen LogP contribution in [0, 0.1) is 5.41 Å². The number of nitrogens with two attached hydrogens (primary N) is 1. The SMILES string of the molecule is N=C(N)SCCNN1CCOCC1. The molecule has 4 N–H and O–H groups in total. The van der Waals surface area contributed by atoms with E-state index in [1.807, 2.05) is 0 Å². The summed E-state index contributed by atoms with van der Waals surface area (Å²) in [5.74, 6) is 0.840. The molecule has 6 heteroatoms. The average molecular weight is 204 g/mol. The molecule has 5 nitrogen and oxygen atoms in total. The first-order valence-electron chi connectivity index (χ1n) is 4.32. The number of rotatable bonds is 4. The fourth-order valence-electron chi connectivity index (χ4n) is 1.09. The minimum absolute atomic E-state index is 0.184. The molecule has 1 rings (SSSR count). The highest BCUT2D eigenvalue weighted by atomic mass is 32.2. The molecule has 0 aromatic rings. The fraction of sp³-hybridized carbons (Fsp3) is 0.857. The molecule has 0 spiro atoms. The molecule has 0 atom stereocenters. The first-order chi connectivity index (χ1) is 6.29. The molecule has 0 aromatic carbocycles. The maximum atomic E-state index is 7.00. The van der Waals surface area contributed by atoms with E-state index in [9.17, 15) is 0 Å². The van der Waals surface area contributed by atoms with Gasteiger partial charge in [-0.3, -0.25) is 10.8 Å². The van der Waals surface area contributed by atoms with E-state index in [4.69, 9.17) is 15.9 Å². The molecule has 0 unspecified atom stereocenters. The lowest BCUT2D eigenvalue weighted by molar-refractivity contribution is 0.0134. The van der Waals surface area contributed by atoms with Crippen LogP contribution in [0.4, 0.5) is 0 Å². The van der Waals surface area contributed by atoms with Crippen LogP contribution >= 0.6 is 11.8 Å². The molecule has 0 aromatic heterocycles. The monoisotopic (exact) mass is 204 g/mol. The molecule has 1 aliphatic rings. The summed E-state index contributed by atoms with van der Waals surface area (Å²) in [5, 5.41) is 9.32. The van der Waals surface area contributed by atoms with Crippen molar-refractivity contribution in [2.45, 2.75) is 0 Å². The quantitative estimate of drug-likeness (QED) is 0.325. The van der Waals surface area contributed by atoms with Crippen LogP contribution in [0.5, 0.6) is 0 Å². The maximum absolute atomic E-state index is 7.00. The van der Waals surface area contributed by atoms with Gasteiger partial charge in [0.1, 0.15) is 0 Å². The van der Waals surface area contributed by atoms with E-state index < -0.39 is 0 Å². The van der Waals surface area contributed by atoms with Crippen molar-refractivity contribution >= 4 is 16.9 Å². The smallest absolute Gasteiger partial charge is 0.151 e. The fourth-order valence-corrected chi connectivity index (χ4v) is 1.50. The molecule has 0 bridgehead atoms. The third-order valence-electron chi connectivity index (χ3n) is 1.71. The zero-order chi connectivity index (χ0) is 9.52. The topological polar surface area (TPSA) is 74.4 Å². The van der Waals surface area contributed by atoms with Crippen molar-refractivity contribution < 1.29 is 4.74 Å². The second kappa shape index (κ2) is 6.20. The molecule has 0 amide bonds. The van der Waals surface area contributed by atoms with Gasteiger partial charge in [0.15, 0.2) is 5.17 Å². The number of nitrogens with zero attached hydrogens (tertiary/aromatic N) is 1. The van der Waals surface area contributed by atoms with Gasteiger partial charge in [-0.25, -0.2) is 5.01 Å². The van der Waals surface area contributed by atoms with Crippen LogP contribution in [0.3, 0.4) is 0 Å². The highest BCUT2D eigenvalue weighted by molar-refractivity contribution is 8.13. The summed E-state index contributed by atoms with van der Waals surface area (Å²) >= 11 is 1.36. The zero-order valence-electron chi connectivity index (χ0n) is 7.58. The van der Waals surface area contributed by atoms with E-state index in [1.165, 1.54) is 11.8 Å². The number of amidine groups is 1. The summed E-state index contributed by atoms with van der Waals surface area (Å²) in [5.41, 5.74) is 8.45. The van der Waals surface area contributed by atoms with Crippen LogP contribution < -0.4 is 11.2 Å². The van der Waals surface area contributed by atoms with E-state index in [1.54, 1.807) is 0 Å². The molecule has 0 aliphatic carbocycles. The predicted octanol–water partition coefficient (Wildman–Crippen LogP) is -0.550. The van der Waals surface area contributed by atoms with E-state index in [0.717, 1.165) is 38.6 Å². The van der Waals surface area contributed by atoms with Crippen molar-refractivity contribution in [2.75, 3.05) is 38.6 Å². The third-order valence-corrected chi connectivity index (χ3v) is 2.43. The van der Waals surface area contributed by atoms with Gasteiger partial charge in [0.25, 0.3) is 0 Å². The second-order valence-electron chi connectivity index (χ2n) is 2.72. The Hall–Kier alpha value is -0.300. The highest BCUT2D eigenvalue weighted by Gasteiger charge is 2.08. The zero-order valence-corrected chi connectivity index (χ0v) is 8.40. The molecule has 1 aliphatic heterocycles. The molecule has 1 saturated heterocycles. The number of thioether (sulfide) groups is 1. The molecule has 0 radical (unpaired) electrons. The summed E-state index contributed by atoms with van der Waals surface area (Å²) in [4.78, 5) is 0. The Bertz CT molecular complexity index is 161. The summed E-state index contributed by atoms with van der Waals surface area (Å²) in [6.45, 7) is 4.32. The molecular formula is C7H16N4OS. The molecule has 1 heterocycles. The lowest BCUT2D eigenvalue weighted by atomic mass is 10.5. The van der Waals surface area contributed by atoms with Crippen LogP contribution in [0.15, 0.2) is 0 Å². The van der Waals surface area contributed by atoms with Crippen molar-refractivity contribution in [3.63, 3.8) is 0 Å². The number of hydrazine groups is 1. The number of ether oxygens (including phenoxy) is 1. The normalized spacial score (nSPS) is 18.8. The molecule has 13 heavy (non-hydrogen) atoms. The van der Waals surface area contributed by atoms with Gasteiger partial charge in [0, 0.05) is 25.4 Å². The summed E-state index contributed by atoms with van der Waals surface area (Å²) in [7, 11) is 0. The minimum Gasteiger partial charge on any atom is -0.379 e. The van der Waals surface area contributed by atoms with Crippen LogP contribution in [-0.4, -0.2) is 48.8 Å². The van der Waals surface area contributed by atoms with Gasteiger partial charge in [-0.1, -0.05) is 11.8 Å². The van der Waals surface area contributed by atoms with Gasteiger partial charge < -0.3 is 10.5 Å². The molecular weight excluding hydrogens is 188 g/mol. The van der Waals surface area contributed by atoms with Crippen molar-refractivity contribution in [2.24, 2.45) is 5.73 Å². The predicted molar refractivity (Wildman–Crippen MR) is 54.8 cm³/mol. The number of nitrogens with one attached hydrogen (secondary N) is 2. The van der Waals surface area contributed by atoms with Gasteiger partial charge >= 0.3 is 0 Å². The van der Waals surface area contributed by atoms with Gasteiger partial charge in [0.2, 0.25) is 0 Å². The maximum Gasteiger partial charge on any atom is 0.151 e. The first kappa shape index (κ1) is 10.8. The Labute approximate surface area is 82.5 Å². The van der Waals surface area contributed by atoms with Crippen LogP contribution in [-0.2, 0) is 4.74 Å².